The molecule has 0 aromatic heterocycles. The molecule has 0 unspecified atom stereocenters. The van der Waals surface area contributed by atoms with Gasteiger partial charge in [0.25, 0.3) is 0 Å². The summed E-state index contributed by atoms with van der Waals surface area (Å²) in [5, 5.41) is 3.75. The SMILES string of the molecule is CNC(=S)N(C)Cc1ccc(C(C)(C)C)cc1. The normalized spacial score (nSPS) is 11.1. The van der Waals surface area contributed by atoms with Gasteiger partial charge >= 0.3 is 0 Å². The summed E-state index contributed by atoms with van der Waals surface area (Å²) in [4.78, 5) is 2.03. The molecule has 17 heavy (non-hydrogen) atoms. The van der Waals surface area contributed by atoms with Crippen molar-refractivity contribution in [1.29, 1.82) is 0 Å². The van der Waals surface area contributed by atoms with E-state index in [-0.39, 0.29) is 5.41 Å². The van der Waals surface area contributed by atoms with Crippen LogP contribution in [0.3, 0.4) is 0 Å². The molecule has 1 aromatic carbocycles. The minimum Gasteiger partial charge on any atom is -0.366 e. The molecule has 0 heterocycles. The fourth-order valence-electron chi connectivity index (χ4n) is 1.65. The van der Waals surface area contributed by atoms with Crippen LogP contribution in [0.5, 0.6) is 0 Å². The lowest BCUT2D eigenvalue weighted by Crippen LogP contribution is -2.34. The van der Waals surface area contributed by atoms with Gasteiger partial charge in [-0.15, -0.1) is 0 Å². The van der Waals surface area contributed by atoms with E-state index >= 15 is 0 Å². The fourth-order valence-corrected chi connectivity index (χ4v) is 1.71. The van der Waals surface area contributed by atoms with Gasteiger partial charge < -0.3 is 10.2 Å². The first kappa shape index (κ1) is 14.0. The van der Waals surface area contributed by atoms with E-state index in [1.807, 2.05) is 19.0 Å². The first-order valence-electron chi connectivity index (χ1n) is 5.87. The van der Waals surface area contributed by atoms with Crippen LogP contribution in [0.2, 0.25) is 0 Å². The lowest BCUT2D eigenvalue weighted by atomic mass is 9.87. The first-order valence-corrected chi connectivity index (χ1v) is 6.27. The molecule has 1 N–H and O–H groups in total. The summed E-state index contributed by atoms with van der Waals surface area (Å²) in [6, 6.07) is 8.75. The van der Waals surface area contributed by atoms with Crippen molar-refractivity contribution in [3.8, 4) is 0 Å². The van der Waals surface area contributed by atoms with Gasteiger partial charge in [-0.3, -0.25) is 0 Å². The van der Waals surface area contributed by atoms with E-state index in [0.717, 1.165) is 11.7 Å². The Balaban J connectivity index is 2.72. The van der Waals surface area contributed by atoms with E-state index < -0.39 is 0 Å². The number of rotatable bonds is 2. The number of benzene rings is 1. The highest BCUT2D eigenvalue weighted by Gasteiger charge is 2.13. The van der Waals surface area contributed by atoms with Crippen LogP contribution in [0.15, 0.2) is 24.3 Å². The number of nitrogens with zero attached hydrogens (tertiary/aromatic N) is 1. The summed E-state index contributed by atoms with van der Waals surface area (Å²) in [7, 11) is 3.85. The van der Waals surface area contributed by atoms with Crippen molar-refractivity contribution in [1.82, 2.24) is 10.2 Å². The molecule has 1 rings (SSSR count). The van der Waals surface area contributed by atoms with Gasteiger partial charge in [0.1, 0.15) is 0 Å². The van der Waals surface area contributed by atoms with Crippen molar-refractivity contribution < 1.29 is 0 Å². The maximum Gasteiger partial charge on any atom is 0.168 e. The molecule has 2 nitrogen and oxygen atoms in total. The summed E-state index contributed by atoms with van der Waals surface area (Å²) < 4.78 is 0. The Labute approximate surface area is 110 Å². The van der Waals surface area contributed by atoms with Crippen molar-refractivity contribution in [3.05, 3.63) is 35.4 Å². The molecule has 0 fully saturated rings. The van der Waals surface area contributed by atoms with Crippen molar-refractivity contribution in [2.75, 3.05) is 14.1 Å². The Kier molecular flexibility index (Phi) is 4.52. The van der Waals surface area contributed by atoms with Crippen LogP contribution >= 0.6 is 12.2 Å². The molecule has 0 radical (unpaired) electrons. The molecule has 3 heteroatoms. The molecule has 0 saturated carbocycles. The molecule has 0 saturated heterocycles. The number of nitrogens with one attached hydrogen (secondary N) is 1. The molecule has 0 atom stereocenters. The highest BCUT2D eigenvalue weighted by atomic mass is 32.1. The third-order valence-electron chi connectivity index (χ3n) is 2.80. The first-order chi connectivity index (χ1) is 7.84. The van der Waals surface area contributed by atoms with Crippen LogP contribution in [-0.2, 0) is 12.0 Å². The lowest BCUT2D eigenvalue weighted by Gasteiger charge is -2.21. The number of hydrogen-bond donors (Lipinski definition) is 1. The van der Waals surface area contributed by atoms with Gasteiger partial charge in [-0.25, -0.2) is 0 Å². The van der Waals surface area contributed by atoms with Crippen molar-refractivity contribution in [3.63, 3.8) is 0 Å². The predicted molar refractivity (Wildman–Crippen MR) is 78.3 cm³/mol. The van der Waals surface area contributed by atoms with E-state index in [4.69, 9.17) is 12.2 Å². The van der Waals surface area contributed by atoms with Gasteiger partial charge in [-0.1, -0.05) is 45.0 Å². The van der Waals surface area contributed by atoms with E-state index in [9.17, 15) is 0 Å². The average molecular weight is 250 g/mol. The third kappa shape index (κ3) is 4.00. The maximum absolute atomic E-state index is 5.18. The molecule has 0 aliphatic carbocycles. The van der Waals surface area contributed by atoms with E-state index in [2.05, 4.69) is 50.4 Å². The molecule has 0 spiro atoms. The molecule has 0 aliphatic rings. The molecule has 1 aromatic rings. The van der Waals surface area contributed by atoms with Crippen molar-refractivity contribution >= 4 is 17.3 Å². The molecule has 94 valence electrons. The molecular formula is C14H22N2S. The second kappa shape index (κ2) is 5.50. The summed E-state index contributed by atoms with van der Waals surface area (Å²) in [6.45, 7) is 7.52. The van der Waals surface area contributed by atoms with Gasteiger partial charge in [0.05, 0.1) is 0 Å². The quantitative estimate of drug-likeness (QED) is 0.813. The van der Waals surface area contributed by atoms with Crippen LogP contribution in [0.4, 0.5) is 0 Å². The highest BCUT2D eigenvalue weighted by Crippen LogP contribution is 2.22. The maximum atomic E-state index is 5.18. The van der Waals surface area contributed by atoms with Gasteiger partial charge in [-0.05, 0) is 28.8 Å². The van der Waals surface area contributed by atoms with Gasteiger partial charge in [0.15, 0.2) is 5.11 Å². The fraction of sp³-hybridized carbons (Fsp3) is 0.500. The van der Waals surface area contributed by atoms with Gasteiger partial charge in [-0.2, -0.15) is 0 Å². The topological polar surface area (TPSA) is 15.3 Å². The highest BCUT2D eigenvalue weighted by molar-refractivity contribution is 7.80. The predicted octanol–water partition coefficient (Wildman–Crippen LogP) is 2.92. The Morgan fingerprint density at radius 3 is 2.18 bits per heavy atom. The summed E-state index contributed by atoms with van der Waals surface area (Å²) in [5.74, 6) is 0. The largest absolute Gasteiger partial charge is 0.366 e. The second-order valence-electron chi connectivity index (χ2n) is 5.36. The van der Waals surface area contributed by atoms with Crippen LogP contribution in [0, 0.1) is 0 Å². The summed E-state index contributed by atoms with van der Waals surface area (Å²) in [6.07, 6.45) is 0. The van der Waals surface area contributed by atoms with Crippen LogP contribution in [0.25, 0.3) is 0 Å². The standard InChI is InChI=1S/C14H22N2S/c1-14(2,3)12-8-6-11(7-9-12)10-16(5)13(17)15-4/h6-9H,10H2,1-5H3,(H,15,17). The number of thiocarbonyl (C=S) groups is 1. The Hall–Kier alpha value is -1.09. The van der Waals surface area contributed by atoms with E-state index in [1.54, 1.807) is 0 Å². The van der Waals surface area contributed by atoms with Gasteiger partial charge in [0, 0.05) is 20.6 Å². The zero-order valence-electron chi connectivity index (χ0n) is 11.4. The Morgan fingerprint density at radius 1 is 1.24 bits per heavy atom. The monoisotopic (exact) mass is 250 g/mol. The zero-order chi connectivity index (χ0) is 13.1. The Bertz CT molecular complexity index is 376. The lowest BCUT2D eigenvalue weighted by molar-refractivity contribution is 0.494. The number of hydrogen-bond acceptors (Lipinski definition) is 1. The van der Waals surface area contributed by atoms with E-state index in [0.29, 0.717) is 0 Å². The van der Waals surface area contributed by atoms with Crippen molar-refractivity contribution in [2.24, 2.45) is 0 Å². The molecule has 0 amide bonds. The minimum atomic E-state index is 0.213. The second-order valence-corrected chi connectivity index (χ2v) is 5.74. The van der Waals surface area contributed by atoms with Crippen LogP contribution in [0.1, 0.15) is 31.9 Å². The van der Waals surface area contributed by atoms with Crippen molar-refractivity contribution in [2.45, 2.75) is 32.7 Å². The van der Waals surface area contributed by atoms with Gasteiger partial charge in [0.2, 0.25) is 0 Å². The van der Waals surface area contributed by atoms with Crippen LogP contribution in [-0.4, -0.2) is 24.1 Å². The summed E-state index contributed by atoms with van der Waals surface area (Å²) >= 11 is 5.18. The molecular weight excluding hydrogens is 228 g/mol. The minimum absolute atomic E-state index is 0.213. The smallest absolute Gasteiger partial charge is 0.168 e. The summed E-state index contributed by atoms with van der Waals surface area (Å²) in [5.41, 5.74) is 2.85. The van der Waals surface area contributed by atoms with E-state index in [1.165, 1.54) is 11.1 Å². The third-order valence-corrected chi connectivity index (χ3v) is 3.32. The molecule has 0 bridgehead atoms. The zero-order valence-corrected chi connectivity index (χ0v) is 12.2. The molecule has 0 aliphatic heterocycles. The van der Waals surface area contributed by atoms with Crippen LogP contribution < -0.4 is 5.32 Å². The average Bonchev–Trinajstić information content (AvgIpc) is 2.27. The Morgan fingerprint density at radius 2 is 1.76 bits per heavy atom.